The topological polar surface area (TPSA) is 58.4 Å². The van der Waals surface area contributed by atoms with E-state index in [1.165, 1.54) is 0 Å². The summed E-state index contributed by atoms with van der Waals surface area (Å²) >= 11 is 0. The van der Waals surface area contributed by atoms with Gasteiger partial charge >= 0.3 is 0 Å². The Balaban J connectivity index is 1.77. The molecular formula is C14H21N3O2. The maximum absolute atomic E-state index is 12.5. The van der Waals surface area contributed by atoms with Gasteiger partial charge in [0.2, 0.25) is 0 Å². The number of aliphatic hydroxyl groups is 1. The molecule has 5 heteroatoms. The van der Waals surface area contributed by atoms with Crippen molar-refractivity contribution in [2.24, 2.45) is 13.0 Å². The van der Waals surface area contributed by atoms with Gasteiger partial charge < -0.3 is 10.0 Å². The number of nitrogens with zero attached hydrogens (tertiary/aromatic N) is 3. The summed E-state index contributed by atoms with van der Waals surface area (Å²) in [6.07, 6.45) is 8.24. The zero-order valence-corrected chi connectivity index (χ0v) is 11.3. The molecule has 1 saturated carbocycles. The van der Waals surface area contributed by atoms with Crippen molar-refractivity contribution in [3.8, 4) is 0 Å². The number of likely N-dealkylation sites (tertiary alicyclic amines) is 1. The Morgan fingerprint density at radius 3 is 2.84 bits per heavy atom. The third-order valence-electron chi connectivity index (χ3n) is 4.54. The minimum Gasteiger partial charge on any atom is -0.393 e. The molecule has 3 unspecified atom stereocenters. The summed E-state index contributed by atoms with van der Waals surface area (Å²) in [6.45, 7) is 0.807. The summed E-state index contributed by atoms with van der Waals surface area (Å²) in [5.74, 6) is 0.331. The van der Waals surface area contributed by atoms with Crippen molar-refractivity contribution in [2.45, 2.75) is 44.2 Å². The molecule has 1 aliphatic heterocycles. The minimum atomic E-state index is -0.229. The van der Waals surface area contributed by atoms with Gasteiger partial charge in [-0.1, -0.05) is 6.42 Å². The average molecular weight is 263 g/mol. The zero-order valence-electron chi connectivity index (χ0n) is 11.3. The highest BCUT2D eigenvalue weighted by atomic mass is 16.3. The first kappa shape index (κ1) is 12.7. The van der Waals surface area contributed by atoms with Gasteiger partial charge in [-0.25, -0.2) is 0 Å². The van der Waals surface area contributed by atoms with E-state index in [1.807, 2.05) is 11.9 Å². The van der Waals surface area contributed by atoms with Gasteiger partial charge in [-0.05, 0) is 25.7 Å². The van der Waals surface area contributed by atoms with E-state index in [9.17, 15) is 9.90 Å². The van der Waals surface area contributed by atoms with E-state index in [0.29, 0.717) is 5.56 Å². The molecule has 0 spiro atoms. The van der Waals surface area contributed by atoms with Crippen LogP contribution >= 0.6 is 0 Å². The smallest absolute Gasteiger partial charge is 0.257 e. The van der Waals surface area contributed by atoms with Gasteiger partial charge in [-0.2, -0.15) is 5.10 Å². The van der Waals surface area contributed by atoms with Crippen molar-refractivity contribution in [3.63, 3.8) is 0 Å². The average Bonchev–Trinajstić information content (AvgIpc) is 3.07. The van der Waals surface area contributed by atoms with Crippen LogP contribution in [0.25, 0.3) is 0 Å². The maximum Gasteiger partial charge on any atom is 0.257 e. The van der Waals surface area contributed by atoms with Crippen LogP contribution in [0.5, 0.6) is 0 Å². The van der Waals surface area contributed by atoms with Crippen LogP contribution in [0.15, 0.2) is 12.4 Å². The molecule has 2 aliphatic rings. The van der Waals surface area contributed by atoms with Crippen molar-refractivity contribution < 1.29 is 9.90 Å². The van der Waals surface area contributed by atoms with Crippen LogP contribution in [-0.2, 0) is 7.05 Å². The molecular weight excluding hydrogens is 242 g/mol. The number of aliphatic hydroxyl groups excluding tert-OH is 1. The molecule has 2 heterocycles. The Bertz CT molecular complexity index is 471. The SMILES string of the molecule is Cn1cc(C(=O)N2CCCC2C2CCCC2O)cn1. The van der Waals surface area contributed by atoms with E-state index < -0.39 is 0 Å². The standard InChI is InChI=1S/C14H21N3O2/c1-16-9-10(8-15-16)14(19)17-7-3-5-12(17)11-4-2-6-13(11)18/h8-9,11-13,18H,2-7H2,1H3. The molecule has 0 bridgehead atoms. The molecule has 1 saturated heterocycles. The third-order valence-corrected chi connectivity index (χ3v) is 4.54. The van der Waals surface area contributed by atoms with Crippen LogP contribution in [0.1, 0.15) is 42.5 Å². The number of hydrogen-bond acceptors (Lipinski definition) is 3. The highest BCUT2D eigenvalue weighted by Gasteiger charge is 2.40. The number of amides is 1. The molecule has 1 aromatic heterocycles. The fourth-order valence-corrected chi connectivity index (χ4v) is 3.61. The van der Waals surface area contributed by atoms with Gasteiger partial charge in [-0.3, -0.25) is 9.48 Å². The van der Waals surface area contributed by atoms with Gasteiger partial charge in [0.1, 0.15) is 0 Å². The second-order valence-corrected chi connectivity index (χ2v) is 5.77. The summed E-state index contributed by atoms with van der Waals surface area (Å²) < 4.78 is 1.66. The fraction of sp³-hybridized carbons (Fsp3) is 0.714. The number of carbonyl (C=O) groups excluding carboxylic acids is 1. The maximum atomic E-state index is 12.5. The predicted octanol–water partition coefficient (Wildman–Crippen LogP) is 1.19. The van der Waals surface area contributed by atoms with Crippen LogP contribution in [0.3, 0.4) is 0 Å². The monoisotopic (exact) mass is 263 g/mol. The molecule has 3 rings (SSSR count). The van der Waals surface area contributed by atoms with Crippen LogP contribution in [-0.4, -0.2) is 44.4 Å². The lowest BCUT2D eigenvalue weighted by Gasteiger charge is -2.31. The Morgan fingerprint density at radius 2 is 2.21 bits per heavy atom. The zero-order chi connectivity index (χ0) is 13.4. The number of aryl methyl sites for hydroxylation is 1. The minimum absolute atomic E-state index is 0.0645. The number of carbonyl (C=O) groups is 1. The number of rotatable bonds is 2. The largest absolute Gasteiger partial charge is 0.393 e. The van der Waals surface area contributed by atoms with Crippen LogP contribution < -0.4 is 0 Å². The third kappa shape index (κ3) is 2.27. The van der Waals surface area contributed by atoms with Gasteiger partial charge in [0.25, 0.3) is 5.91 Å². The van der Waals surface area contributed by atoms with Crippen molar-refractivity contribution in [1.29, 1.82) is 0 Å². The van der Waals surface area contributed by atoms with Crippen molar-refractivity contribution >= 4 is 5.91 Å². The molecule has 2 fully saturated rings. The van der Waals surface area contributed by atoms with Crippen LogP contribution in [0.4, 0.5) is 0 Å². The second-order valence-electron chi connectivity index (χ2n) is 5.77. The highest BCUT2D eigenvalue weighted by Crippen LogP contribution is 2.36. The molecule has 19 heavy (non-hydrogen) atoms. The Kier molecular flexibility index (Phi) is 3.31. The summed E-state index contributed by atoms with van der Waals surface area (Å²) in [6, 6.07) is 0.213. The molecule has 1 N–H and O–H groups in total. The first-order valence-corrected chi connectivity index (χ1v) is 7.14. The first-order chi connectivity index (χ1) is 9.16. The number of hydrogen-bond donors (Lipinski definition) is 1. The lowest BCUT2D eigenvalue weighted by atomic mass is 9.94. The van der Waals surface area contributed by atoms with Crippen molar-refractivity contribution in [3.05, 3.63) is 18.0 Å². The quantitative estimate of drug-likeness (QED) is 0.872. The van der Waals surface area contributed by atoms with Crippen molar-refractivity contribution in [2.75, 3.05) is 6.54 Å². The summed E-state index contributed by atoms with van der Waals surface area (Å²) in [5.41, 5.74) is 0.655. The molecule has 1 aliphatic carbocycles. The molecule has 104 valence electrons. The molecule has 0 aromatic carbocycles. The van der Waals surface area contributed by atoms with Crippen LogP contribution in [0.2, 0.25) is 0 Å². The lowest BCUT2D eigenvalue weighted by molar-refractivity contribution is 0.0528. The fourth-order valence-electron chi connectivity index (χ4n) is 3.61. The van der Waals surface area contributed by atoms with E-state index in [-0.39, 0.29) is 24.0 Å². The van der Waals surface area contributed by atoms with Gasteiger partial charge in [0.05, 0.1) is 17.9 Å². The van der Waals surface area contributed by atoms with E-state index in [4.69, 9.17) is 0 Å². The van der Waals surface area contributed by atoms with E-state index in [0.717, 1.165) is 38.6 Å². The summed E-state index contributed by atoms with van der Waals surface area (Å²) in [5, 5.41) is 14.1. The second kappa shape index (κ2) is 4.96. The first-order valence-electron chi connectivity index (χ1n) is 7.14. The number of aromatic nitrogens is 2. The summed E-state index contributed by atoms with van der Waals surface area (Å²) in [4.78, 5) is 14.5. The normalized spacial score (nSPS) is 31.1. The van der Waals surface area contributed by atoms with E-state index in [2.05, 4.69) is 5.10 Å². The molecule has 1 amide bonds. The van der Waals surface area contributed by atoms with E-state index in [1.54, 1.807) is 17.1 Å². The molecule has 3 atom stereocenters. The lowest BCUT2D eigenvalue weighted by Crippen LogP contribution is -2.42. The van der Waals surface area contributed by atoms with Gasteiger partial charge in [-0.15, -0.1) is 0 Å². The van der Waals surface area contributed by atoms with Crippen molar-refractivity contribution in [1.82, 2.24) is 14.7 Å². The highest BCUT2D eigenvalue weighted by molar-refractivity contribution is 5.94. The molecule has 5 nitrogen and oxygen atoms in total. The van der Waals surface area contributed by atoms with E-state index >= 15 is 0 Å². The molecule has 0 radical (unpaired) electrons. The van der Waals surface area contributed by atoms with Gasteiger partial charge in [0.15, 0.2) is 0 Å². The summed E-state index contributed by atoms with van der Waals surface area (Å²) in [7, 11) is 1.82. The molecule has 1 aromatic rings. The Labute approximate surface area is 113 Å². The Morgan fingerprint density at radius 1 is 1.37 bits per heavy atom. The Hall–Kier alpha value is -1.36. The van der Waals surface area contributed by atoms with Crippen LogP contribution in [0, 0.1) is 5.92 Å². The van der Waals surface area contributed by atoms with Gasteiger partial charge in [0, 0.05) is 31.7 Å². The predicted molar refractivity (Wildman–Crippen MR) is 70.6 cm³/mol.